The minimum atomic E-state index is -0.492. The van der Waals surface area contributed by atoms with Crippen LogP contribution in [-0.2, 0) is 14.3 Å². The number of para-hydroxylation sites is 1. The average molecular weight is 367 g/mol. The molecule has 0 amide bonds. The summed E-state index contributed by atoms with van der Waals surface area (Å²) in [6.45, 7) is 7.98. The van der Waals surface area contributed by atoms with Crippen LogP contribution in [0.4, 0.5) is 0 Å². The topological polar surface area (TPSA) is 64.6 Å². The first-order chi connectivity index (χ1) is 13.1. The lowest BCUT2D eigenvalue weighted by molar-refractivity contribution is -0.138. The Hall–Kier alpha value is -2.82. The van der Waals surface area contributed by atoms with Crippen molar-refractivity contribution in [2.45, 2.75) is 39.0 Å². The van der Waals surface area contributed by atoms with E-state index in [0.29, 0.717) is 35.6 Å². The number of ether oxygens (including phenoxy) is 2. The summed E-state index contributed by atoms with van der Waals surface area (Å²) in [5.74, 6) is -0.184. The molecular weight excluding hydrogens is 342 g/mol. The number of hydrogen-bond donors (Lipinski definition) is 1. The maximum absolute atomic E-state index is 12.9. The molecule has 0 aromatic heterocycles. The fraction of sp³-hybridized carbons (Fsp3) is 0.364. The van der Waals surface area contributed by atoms with Crippen molar-refractivity contribution in [2.75, 3.05) is 13.2 Å². The summed E-state index contributed by atoms with van der Waals surface area (Å²) in [5, 5.41) is 3.28. The third kappa shape index (κ3) is 3.68. The van der Waals surface area contributed by atoms with E-state index in [1.807, 2.05) is 38.1 Å². The van der Waals surface area contributed by atoms with Gasteiger partial charge in [-0.15, -0.1) is 0 Å². The van der Waals surface area contributed by atoms with E-state index >= 15 is 0 Å². The fourth-order valence-electron chi connectivity index (χ4n) is 3.78. The molecule has 0 saturated carbocycles. The Morgan fingerprint density at radius 2 is 2.11 bits per heavy atom. The van der Waals surface area contributed by atoms with E-state index in [1.54, 1.807) is 0 Å². The van der Waals surface area contributed by atoms with Crippen molar-refractivity contribution >= 4 is 11.8 Å². The summed E-state index contributed by atoms with van der Waals surface area (Å²) in [6.07, 6.45) is 3.63. The summed E-state index contributed by atoms with van der Waals surface area (Å²) < 4.78 is 11.1. The van der Waals surface area contributed by atoms with E-state index < -0.39 is 11.9 Å². The number of carbonyl (C=O) groups excluding carboxylic acids is 2. The zero-order valence-corrected chi connectivity index (χ0v) is 15.8. The fourth-order valence-corrected chi connectivity index (χ4v) is 3.78. The third-order valence-corrected chi connectivity index (χ3v) is 4.86. The van der Waals surface area contributed by atoms with Crippen molar-refractivity contribution < 1.29 is 19.1 Å². The van der Waals surface area contributed by atoms with Gasteiger partial charge in [0.05, 0.1) is 18.1 Å². The van der Waals surface area contributed by atoms with E-state index in [9.17, 15) is 9.59 Å². The number of hydrogen-bond acceptors (Lipinski definition) is 5. The second-order valence-electron chi connectivity index (χ2n) is 6.62. The summed E-state index contributed by atoms with van der Waals surface area (Å²) in [7, 11) is 0. The zero-order chi connectivity index (χ0) is 19.4. The minimum Gasteiger partial charge on any atom is -0.494 e. The van der Waals surface area contributed by atoms with Gasteiger partial charge in [-0.25, -0.2) is 4.79 Å². The number of ketones is 1. The van der Waals surface area contributed by atoms with Crippen LogP contribution in [0.1, 0.15) is 44.6 Å². The molecule has 0 saturated heterocycles. The molecule has 142 valence electrons. The van der Waals surface area contributed by atoms with Gasteiger partial charge in [0.25, 0.3) is 0 Å². The van der Waals surface area contributed by atoms with Crippen LogP contribution in [0.2, 0.25) is 0 Å². The number of allylic oxidation sites excluding steroid dienone is 3. The summed E-state index contributed by atoms with van der Waals surface area (Å²) in [5.41, 5.74) is 3.55. The normalized spacial score (nSPS) is 19.3. The highest BCUT2D eigenvalue weighted by Gasteiger charge is 2.40. The van der Waals surface area contributed by atoms with Crippen LogP contribution in [0.15, 0.2) is 59.5 Å². The summed E-state index contributed by atoms with van der Waals surface area (Å²) in [4.78, 5) is 25.7. The van der Waals surface area contributed by atoms with Gasteiger partial charge in [0, 0.05) is 29.0 Å². The first kappa shape index (κ1) is 19.0. The number of esters is 1. The molecule has 1 aliphatic heterocycles. The second kappa shape index (κ2) is 8.25. The van der Waals surface area contributed by atoms with Crippen molar-refractivity contribution in [1.29, 1.82) is 0 Å². The zero-order valence-electron chi connectivity index (χ0n) is 15.8. The lowest BCUT2D eigenvalue weighted by Crippen LogP contribution is -2.34. The Kier molecular flexibility index (Phi) is 5.79. The molecule has 0 fully saturated rings. The van der Waals surface area contributed by atoms with Gasteiger partial charge in [-0.05, 0) is 32.8 Å². The summed E-state index contributed by atoms with van der Waals surface area (Å²) in [6, 6.07) is 7.58. The quantitative estimate of drug-likeness (QED) is 0.612. The van der Waals surface area contributed by atoms with E-state index in [2.05, 4.69) is 11.9 Å². The van der Waals surface area contributed by atoms with Gasteiger partial charge in [-0.1, -0.05) is 30.9 Å². The van der Waals surface area contributed by atoms with Gasteiger partial charge in [-0.2, -0.15) is 0 Å². The standard InChI is InChI=1S/C22H25NO4/c1-4-13-27-22(25)19-14(3)23-16-10-8-11-17(24)21(16)20(19)15-9-6-7-12-18(15)26-5-2/h4,6-7,9,12,20,23H,1,5,8,10-11,13H2,2-3H3. The Morgan fingerprint density at radius 3 is 2.85 bits per heavy atom. The molecule has 3 rings (SSSR count). The average Bonchev–Trinajstić information content (AvgIpc) is 2.66. The molecule has 1 N–H and O–H groups in total. The predicted octanol–water partition coefficient (Wildman–Crippen LogP) is 3.78. The highest BCUT2D eigenvalue weighted by atomic mass is 16.5. The van der Waals surface area contributed by atoms with Crippen molar-refractivity contribution in [3.05, 3.63) is 65.0 Å². The first-order valence-corrected chi connectivity index (χ1v) is 9.32. The number of nitrogens with one attached hydrogen (secondary N) is 1. The number of Topliss-reactive ketones (excluding diaryl/α,β-unsaturated/α-hetero) is 1. The molecule has 1 aromatic carbocycles. The minimum absolute atomic E-state index is 0.0709. The molecule has 1 atom stereocenters. The van der Waals surface area contributed by atoms with Crippen LogP contribution >= 0.6 is 0 Å². The lowest BCUT2D eigenvalue weighted by atomic mass is 9.75. The summed E-state index contributed by atoms with van der Waals surface area (Å²) >= 11 is 0. The molecule has 5 heteroatoms. The molecule has 5 nitrogen and oxygen atoms in total. The smallest absolute Gasteiger partial charge is 0.337 e. The van der Waals surface area contributed by atoms with E-state index in [0.717, 1.165) is 24.1 Å². The molecule has 0 spiro atoms. The Bertz CT molecular complexity index is 834. The molecule has 1 aromatic rings. The first-order valence-electron chi connectivity index (χ1n) is 9.32. The lowest BCUT2D eigenvalue weighted by Gasteiger charge is -2.34. The molecular formula is C22H25NO4. The van der Waals surface area contributed by atoms with Gasteiger partial charge in [-0.3, -0.25) is 4.79 Å². The van der Waals surface area contributed by atoms with Crippen molar-refractivity contribution in [3.8, 4) is 5.75 Å². The maximum Gasteiger partial charge on any atom is 0.337 e. The molecule has 1 unspecified atom stereocenters. The van der Waals surface area contributed by atoms with Gasteiger partial charge >= 0.3 is 5.97 Å². The van der Waals surface area contributed by atoms with Crippen LogP contribution in [0, 0.1) is 0 Å². The maximum atomic E-state index is 12.9. The van der Waals surface area contributed by atoms with Crippen LogP contribution < -0.4 is 10.1 Å². The Labute approximate surface area is 159 Å². The monoisotopic (exact) mass is 367 g/mol. The highest BCUT2D eigenvalue weighted by Crippen LogP contribution is 2.45. The number of carbonyl (C=O) groups is 2. The van der Waals surface area contributed by atoms with Crippen LogP contribution in [0.5, 0.6) is 5.75 Å². The third-order valence-electron chi connectivity index (χ3n) is 4.86. The SMILES string of the molecule is C=CCOC(=O)C1=C(C)NC2=C(C(=O)CCC2)C1c1ccccc1OCC. The number of rotatable bonds is 6. The van der Waals surface area contributed by atoms with E-state index in [4.69, 9.17) is 9.47 Å². The molecule has 0 radical (unpaired) electrons. The van der Waals surface area contributed by atoms with E-state index in [-0.39, 0.29) is 12.4 Å². The van der Waals surface area contributed by atoms with Crippen molar-refractivity contribution in [3.63, 3.8) is 0 Å². The molecule has 1 heterocycles. The van der Waals surface area contributed by atoms with Crippen LogP contribution in [0.25, 0.3) is 0 Å². The van der Waals surface area contributed by atoms with Crippen molar-refractivity contribution in [2.24, 2.45) is 0 Å². The Morgan fingerprint density at radius 1 is 1.33 bits per heavy atom. The van der Waals surface area contributed by atoms with Crippen molar-refractivity contribution in [1.82, 2.24) is 5.32 Å². The van der Waals surface area contributed by atoms with E-state index in [1.165, 1.54) is 6.08 Å². The number of dihydropyridines is 1. The van der Waals surface area contributed by atoms with Gasteiger partial charge in [0.15, 0.2) is 5.78 Å². The predicted molar refractivity (Wildman–Crippen MR) is 103 cm³/mol. The van der Waals surface area contributed by atoms with Gasteiger partial charge in [0.1, 0.15) is 12.4 Å². The van der Waals surface area contributed by atoms with Gasteiger partial charge in [0.2, 0.25) is 0 Å². The molecule has 0 bridgehead atoms. The largest absolute Gasteiger partial charge is 0.494 e. The molecule has 1 aliphatic carbocycles. The molecule has 27 heavy (non-hydrogen) atoms. The second-order valence-corrected chi connectivity index (χ2v) is 6.62. The van der Waals surface area contributed by atoms with Crippen LogP contribution in [0.3, 0.4) is 0 Å². The number of benzene rings is 1. The molecule has 2 aliphatic rings. The Balaban J connectivity index is 2.16. The van der Waals surface area contributed by atoms with Crippen LogP contribution in [-0.4, -0.2) is 25.0 Å². The highest BCUT2D eigenvalue weighted by molar-refractivity contribution is 6.04. The van der Waals surface area contributed by atoms with Gasteiger partial charge < -0.3 is 14.8 Å².